The molecule has 2 rings (SSSR count). The second-order valence-corrected chi connectivity index (χ2v) is 11.3. The van der Waals surface area contributed by atoms with Crippen LogP contribution in [0.5, 0.6) is 0 Å². The highest BCUT2D eigenvalue weighted by molar-refractivity contribution is 5.69. The Hall–Kier alpha value is -1.33. The van der Waals surface area contributed by atoms with Crippen LogP contribution in [0.25, 0.3) is 0 Å². The van der Waals surface area contributed by atoms with Crippen LogP contribution in [-0.2, 0) is 9.53 Å². The van der Waals surface area contributed by atoms with E-state index in [2.05, 4.69) is 33.8 Å². The molecule has 1 heterocycles. The van der Waals surface area contributed by atoms with Gasteiger partial charge in [0.05, 0.1) is 23.4 Å². The Morgan fingerprint density at radius 2 is 1.88 bits per heavy atom. The molecule has 1 aliphatic carbocycles. The fourth-order valence-corrected chi connectivity index (χ4v) is 5.33. The van der Waals surface area contributed by atoms with Crippen molar-refractivity contribution in [1.82, 2.24) is 0 Å². The molecule has 0 aromatic carbocycles. The number of rotatable bonds is 12. The van der Waals surface area contributed by atoms with Crippen LogP contribution in [-0.4, -0.2) is 39.1 Å². The lowest BCUT2D eigenvalue weighted by molar-refractivity contribution is -0.141. The average Bonchev–Trinajstić information content (AvgIpc) is 2.72. The van der Waals surface area contributed by atoms with E-state index in [0.717, 1.165) is 57.1 Å². The normalized spacial score (nSPS) is 30.9. The molecular weight excluding hydrogens is 416 g/mol. The molecule has 7 atom stereocenters. The van der Waals surface area contributed by atoms with Gasteiger partial charge in [-0.25, -0.2) is 0 Å². The fraction of sp³-hybridized carbons (Fsp3) is 0.821. The molecule has 3 N–H and O–H groups in total. The van der Waals surface area contributed by atoms with E-state index in [1.807, 2.05) is 6.92 Å². The highest BCUT2D eigenvalue weighted by Crippen LogP contribution is 2.43. The van der Waals surface area contributed by atoms with Gasteiger partial charge in [-0.2, -0.15) is 0 Å². The molecule has 1 aliphatic heterocycles. The summed E-state index contributed by atoms with van der Waals surface area (Å²) in [6, 6.07) is 0. The van der Waals surface area contributed by atoms with Crippen molar-refractivity contribution in [2.75, 3.05) is 0 Å². The minimum absolute atomic E-state index is 0.242. The van der Waals surface area contributed by atoms with E-state index >= 15 is 0 Å². The molecule has 5 heteroatoms. The maximum atomic E-state index is 10.9. The zero-order valence-electron chi connectivity index (χ0n) is 21.8. The molecule has 5 nitrogen and oxygen atoms in total. The number of carboxylic acid groups (broad SMARTS) is 1. The maximum absolute atomic E-state index is 10.9. The lowest BCUT2D eigenvalue weighted by Gasteiger charge is -2.42. The summed E-state index contributed by atoms with van der Waals surface area (Å²) in [5, 5.41) is 29.9. The van der Waals surface area contributed by atoms with Crippen molar-refractivity contribution in [3.05, 3.63) is 23.0 Å². The highest BCUT2D eigenvalue weighted by Gasteiger charge is 2.38. The van der Waals surface area contributed by atoms with Gasteiger partial charge in [0, 0.05) is 5.92 Å². The average molecular weight is 465 g/mol. The number of carbonyl (C=O) groups is 1. The van der Waals surface area contributed by atoms with Crippen LogP contribution in [0.1, 0.15) is 106 Å². The lowest BCUT2D eigenvalue weighted by atomic mass is 9.75. The van der Waals surface area contributed by atoms with Crippen LogP contribution in [0, 0.1) is 23.7 Å². The lowest BCUT2D eigenvalue weighted by Crippen LogP contribution is -2.38. The van der Waals surface area contributed by atoms with Crippen molar-refractivity contribution in [3.8, 4) is 0 Å². The van der Waals surface area contributed by atoms with Crippen molar-refractivity contribution in [1.29, 1.82) is 0 Å². The molecule has 2 aliphatic rings. The topological polar surface area (TPSA) is 87.0 Å². The van der Waals surface area contributed by atoms with E-state index in [1.54, 1.807) is 6.92 Å². The summed E-state index contributed by atoms with van der Waals surface area (Å²) in [5.41, 5.74) is 1.96. The predicted molar refractivity (Wildman–Crippen MR) is 133 cm³/mol. The summed E-state index contributed by atoms with van der Waals surface area (Å²) >= 11 is 0. The number of hydrogen-bond acceptors (Lipinski definition) is 4. The smallest absolute Gasteiger partial charge is 0.306 e. The van der Waals surface area contributed by atoms with Gasteiger partial charge >= 0.3 is 5.97 Å². The molecule has 0 saturated carbocycles. The number of ether oxygens (including phenoxy) is 1. The van der Waals surface area contributed by atoms with Gasteiger partial charge in [-0.05, 0) is 95.5 Å². The molecule has 190 valence electrons. The molecule has 0 aromatic heterocycles. The van der Waals surface area contributed by atoms with E-state index in [4.69, 9.17) is 9.84 Å². The van der Waals surface area contributed by atoms with Crippen LogP contribution >= 0.6 is 0 Å². The molecule has 0 amide bonds. The van der Waals surface area contributed by atoms with Gasteiger partial charge in [0.2, 0.25) is 0 Å². The van der Waals surface area contributed by atoms with E-state index in [-0.39, 0.29) is 30.0 Å². The molecule has 0 bridgehead atoms. The molecule has 0 fully saturated rings. The first kappa shape index (κ1) is 27.9. The van der Waals surface area contributed by atoms with Gasteiger partial charge in [0.25, 0.3) is 0 Å². The third-order valence-corrected chi connectivity index (χ3v) is 8.10. The number of aliphatic hydroxyl groups is 2. The van der Waals surface area contributed by atoms with Crippen LogP contribution in [0.4, 0.5) is 0 Å². The van der Waals surface area contributed by atoms with Gasteiger partial charge < -0.3 is 20.1 Å². The quantitative estimate of drug-likeness (QED) is 0.298. The number of hydrogen-bond donors (Lipinski definition) is 3. The van der Waals surface area contributed by atoms with Crippen LogP contribution in [0.3, 0.4) is 0 Å². The Balaban J connectivity index is 1.72. The Morgan fingerprint density at radius 3 is 2.55 bits per heavy atom. The van der Waals surface area contributed by atoms with Gasteiger partial charge in [0.1, 0.15) is 6.10 Å². The van der Waals surface area contributed by atoms with Gasteiger partial charge in [-0.3, -0.25) is 4.79 Å². The summed E-state index contributed by atoms with van der Waals surface area (Å²) in [4.78, 5) is 10.9. The van der Waals surface area contributed by atoms with Crippen molar-refractivity contribution in [2.45, 2.75) is 124 Å². The molecule has 0 radical (unpaired) electrons. The molecule has 0 aromatic rings. The summed E-state index contributed by atoms with van der Waals surface area (Å²) in [6.45, 7) is 12.3. The van der Waals surface area contributed by atoms with Gasteiger partial charge in [-0.1, -0.05) is 39.3 Å². The zero-order chi connectivity index (χ0) is 24.8. The number of carboxylic acids is 1. The Morgan fingerprint density at radius 1 is 1.21 bits per heavy atom. The predicted octanol–water partition coefficient (Wildman–Crippen LogP) is 6.24. The van der Waals surface area contributed by atoms with Crippen molar-refractivity contribution in [3.63, 3.8) is 0 Å². The van der Waals surface area contributed by atoms with Gasteiger partial charge in [0.15, 0.2) is 0 Å². The fourth-order valence-electron chi connectivity index (χ4n) is 5.33. The van der Waals surface area contributed by atoms with Gasteiger partial charge in [-0.15, -0.1) is 0 Å². The second-order valence-electron chi connectivity index (χ2n) is 11.3. The summed E-state index contributed by atoms with van der Waals surface area (Å²) in [5.74, 6) is 1.05. The third-order valence-electron chi connectivity index (χ3n) is 8.10. The van der Waals surface area contributed by atoms with Crippen molar-refractivity contribution >= 4 is 5.97 Å². The number of allylic oxidation sites excluding steroid dienone is 3. The first-order valence-electron chi connectivity index (χ1n) is 13.1. The largest absolute Gasteiger partial charge is 0.494 e. The monoisotopic (exact) mass is 464 g/mol. The zero-order valence-corrected chi connectivity index (χ0v) is 21.8. The summed E-state index contributed by atoms with van der Waals surface area (Å²) in [7, 11) is 0. The summed E-state index contributed by atoms with van der Waals surface area (Å²) < 4.78 is 6.48. The Labute approximate surface area is 201 Å². The van der Waals surface area contributed by atoms with Crippen molar-refractivity contribution in [2.24, 2.45) is 23.7 Å². The van der Waals surface area contributed by atoms with Crippen LogP contribution < -0.4 is 0 Å². The minimum Gasteiger partial charge on any atom is -0.494 e. The standard InChI is InChI=1S/C28H48O5/c1-18(11-8-14-28(6,32)15-9-12-19(2)27(30)31)10-7-13-25-20(3)16-23-17-24(29)21(4)22(5)26(23)33-25/h10,19-22,24-25,29,32H,7-9,11-17H2,1-6H3,(H,30,31)/b18-10+. The van der Waals surface area contributed by atoms with E-state index in [0.29, 0.717) is 18.8 Å². The molecular formula is C28H48O5. The van der Waals surface area contributed by atoms with E-state index < -0.39 is 11.6 Å². The van der Waals surface area contributed by atoms with Crippen molar-refractivity contribution < 1.29 is 24.9 Å². The minimum atomic E-state index is -0.762. The van der Waals surface area contributed by atoms with E-state index in [1.165, 1.54) is 11.1 Å². The highest BCUT2D eigenvalue weighted by atomic mass is 16.5. The van der Waals surface area contributed by atoms with E-state index in [9.17, 15) is 15.0 Å². The van der Waals surface area contributed by atoms with Crippen LogP contribution in [0.2, 0.25) is 0 Å². The molecule has 0 spiro atoms. The SMILES string of the molecule is C/C(=C\CCC1OC2=C(CC1C)CC(O)C(C)C2C)CCCC(C)(O)CCCC(C)C(=O)O. The van der Waals surface area contributed by atoms with Crippen LogP contribution in [0.15, 0.2) is 23.0 Å². The molecule has 7 unspecified atom stereocenters. The number of aliphatic hydroxyl groups excluding tert-OH is 1. The second kappa shape index (κ2) is 12.4. The third kappa shape index (κ3) is 8.43. The first-order valence-corrected chi connectivity index (χ1v) is 13.1. The first-order chi connectivity index (χ1) is 15.4. The molecule has 0 saturated heterocycles. The maximum Gasteiger partial charge on any atom is 0.306 e. The Kier molecular flexibility index (Phi) is 10.5. The molecule has 33 heavy (non-hydrogen) atoms. The summed E-state index contributed by atoms with van der Waals surface area (Å²) in [6.07, 6.45) is 10.8. The Bertz CT molecular complexity index is 707. The number of aliphatic carboxylic acids is 1.